The summed E-state index contributed by atoms with van der Waals surface area (Å²) in [6, 6.07) is 18.4. The van der Waals surface area contributed by atoms with Crippen molar-refractivity contribution in [3.8, 4) is 0 Å². The number of esters is 1. The summed E-state index contributed by atoms with van der Waals surface area (Å²) < 4.78 is 4.62. The number of pyridine rings is 1. The standard InChI is InChI=1S/C24H24ClN3O2/c1-30-23(29)11-10-18-6-8-19(9-7-18)17-27-12-14-28(15-13-27)24-21-5-3-2-4-20(21)16-22(25)26-24/h2-11,16H,12-15,17H2,1H3. The summed E-state index contributed by atoms with van der Waals surface area (Å²) in [6.07, 6.45) is 3.19. The molecule has 154 valence electrons. The molecular weight excluding hydrogens is 398 g/mol. The Labute approximate surface area is 181 Å². The summed E-state index contributed by atoms with van der Waals surface area (Å²) in [4.78, 5) is 20.6. The van der Waals surface area contributed by atoms with E-state index in [0.717, 1.165) is 54.9 Å². The van der Waals surface area contributed by atoms with Crippen LogP contribution in [0.2, 0.25) is 5.15 Å². The molecule has 0 atom stereocenters. The number of rotatable bonds is 5. The zero-order chi connectivity index (χ0) is 20.9. The normalized spacial score (nSPS) is 15.1. The third kappa shape index (κ3) is 4.81. The number of carbonyl (C=O) groups excluding carboxylic acids is 1. The Morgan fingerprint density at radius 2 is 1.83 bits per heavy atom. The van der Waals surface area contributed by atoms with Crippen LogP contribution in [0.15, 0.2) is 60.7 Å². The predicted molar refractivity (Wildman–Crippen MR) is 122 cm³/mol. The van der Waals surface area contributed by atoms with Crippen LogP contribution in [-0.2, 0) is 16.1 Å². The van der Waals surface area contributed by atoms with Crippen LogP contribution in [0.4, 0.5) is 5.82 Å². The molecule has 0 bridgehead atoms. The van der Waals surface area contributed by atoms with E-state index >= 15 is 0 Å². The Bertz CT molecular complexity index is 1060. The molecule has 0 N–H and O–H groups in total. The number of benzene rings is 2. The summed E-state index contributed by atoms with van der Waals surface area (Å²) in [5, 5.41) is 2.80. The number of hydrogen-bond acceptors (Lipinski definition) is 5. The van der Waals surface area contributed by atoms with E-state index in [1.165, 1.54) is 18.7 Å². The molecule has 30 heavy (non-hydrogen) atoms. The molecule has 5 nitrogen and oxygen atoms in total. The van der Waals surface area contributed by atoms with Crippen LogP contribution in [0.1, 0.15) is 11.1 Å². The maximum Gasteiger partial charge on any atom is 0.330 e. The summed E-state index contributed by atoms with van der Waals surface area (Å²) in [5.41, 5.74) is 2.23. The van der Waals surface area contributed by atoms with Crippen LogP contribution in [0.3, 0.4) is 0 Å². The molecule has 6 heteroatoms. The van der Waals surface area contributed by atoms with Gasteiger partial charge in [0, 0.05) is 44.2 Å². The molecular formula is C24H24ClN3O2. The van der Waals surface area contributed by atoms with Gasteiger partial charge >= 0.3 is 5.97 Å². The summed E-state index contributed by atoms with van der Waals surface area (Å²) in [6.45, 7) is 4.66. The van der Waals surface area contributed by atoms with Crippen molar-refractivity contribution in [2.24, 2.45) is 0 Å². The molecule has 0 radical (unpaired) electrons. The van der Waals surface area contributed by atoms with E-state index in [9.17, 15) is 4.79 Å². The van der Waals surface area contributed by atoms with Crippen molar-refractivity contribution in [2.45, 2.75) is 6.54 Å². The minimum atomic E-state index is -0.348. The van der Waals surface area contributed by atoms with Crippen LogP contribution in [0.25, 0.3) is 16.8 Å². The third-order valence-electron chi connectivity index (χ3n) is 5.36. The molecule has 1 aliphatic heterocycles. The Morgan fingerprint density at radius 3 is 2.57 bits per heavy atom. The first-order valence-electron chi connectivity index (χ1n) is 10.00. The molecule has 0 aliphatic carbocycles. The maximum atomic E-state index is 11.2. The van der Waals surface area contributed by atoms with Gasteiger partial charge in [0.25, 0.3) is 0 Å². The first kappa shape index (κ1) is 20.4. The zero-order valence-corrected chi connectivity index (χ0v) is 17.7. The topological polar surface area (TPSA) is 45.7 Å². The average Bonchev–Trinajstić information content (AvgIpc) is 2.78. The second-order valence-corrected chi connectivity index (χ2v) is 7.74. The van der Waals surface area contributed by atoms with Crippen LogP contribution in [0, 0.1) is 0 Å². The first-order valence-corrected chi connectivity index (χ1v) is 10.4. The van der Waals surface area contributed by atoms with Crippen molar-refractivity contribution in [1.29, 1.82) is 0 Å². The summed E-state index contributed by atoms with van der Waals surface area (Å²) in [7, 11) is 1.38. The predicted octanol–water partition coefficient (Wildman–Crippen LogP) is 4.40. The largest absolute Gasteiger partial charge is 0.466 e. The minimum Gasteiger partial charge on any atom is -0.466 e. The molecule has 1 aliphatic rings. The number of hydrogen-bond donors (Lipinski definition) is 0. The van der Waals surface area contributed by atoms with Gasteiger partial charge in [-0.3, -0.25) is 4.90 Å². The van der Waals surface area contributed by atoms with E-state index in [1.807, 2.05) is 30.3 Å². The van der Waals surface area contributed by atoms with Crippen LogP contribution in [-0.4, -0.2) is 49.1 Å². The van der Waals surface area contributed by atoms with E-state index in [4.69, 9.17) is 11.6 Å². The van der Waals surface area contributed by atoms with Gasteiger partial charge in [-0.15, -0.1) is 0 Å². The molecule has 2 aromatic carbocycles. The number of ether oxygens (including phenoxy) is 1. The van der Waals surface area contributed by atoms with E-state index in [2.05, 4.69) is 43.8 Å². The molecule has 0 unspecified atom stereocenters. The molecule has 1 fully saturated rings. The number of fused-ring (bicyclic) bond motifs is 1. The first-order chi connectivity index (χ1) is 14.6. The molecule has 3 aromatic rings. The van der Waals surface area contributed by atoms with Crippen molar-refractivity contribution in [3.05, 3.63) is 77.0 Å². The Hall–Kier alpha value is -2.89. The fourth-order valence-electron chi connectivity index (χ4n) is 3.73. The summed E-state index contributed by atoms with van der Waals surface area (Å²) >= 11 is 6.26. The molecule has 4 rings (SSSR count). The van der Waals surface area contributed by atoms with Gasteiger partial charge < -0.3 is 9.64 Å². The minimum absolute atomic E-state index is 0.348. The average molecular weight is 422 g/mol. The van der Waals surface area contributed by atoms with E-state index in [0.29, 0.717) is 5.15 Å². The lowest BCUT2D eigenvalue weighted by molar-refractivity contribution is -0.134. The van der Waals surface area contributed by atoms with Gasteiger partial charge in [-0.05, 0) is 28.7 Å². The monoisotopic (exact) mass is 421 g/mol. The zero-order valence-electron chi connectivity index (χ0n) is 16.9. The van der Waals surface area contributed by atoms with Gasteiger partial charge in [0.05, 0.1) is 7.11 Å². The second-order valence-electron chi connectivity index (χ2n) is 7.35. The van der Waals surface area contributed by atoms with E-state index in [1.54, 1.807) is 6.08 Å². The Kier molecular flexibility index (Phi) is 6.31. The Balaban J connectivity index is 1.37. The third-order valence-corrected chi connectivity index (χ3v) is 5.55. The van der Waals surface area contributed by atoms with Crippen molar-refractivity contribution in [3.63, 3.8) is 0 Å². The van der Waals surface area contributed by atoms with Crippen LogP contribution < -0.4 is 4.90 Å². The van der Waals surface area contributed by atoms with Gasteiger partial charge in [-0.25, -0.2) is 9.78 Å². The molecule has 1 saturated heterocycles. The highest BCUT2D eigenvalue weighted by Gasteiger charge is 2.20. The second kappa shape index (κ2) is 9.28. The fourth-order valence-corrected chi connectivity index (χ4v) is 3.93. The van der Waals surface area contributed by atoms with Gasteiger partial charge in [-0.2, -0.15) is 0 Å². The number of anilines is 1. The van der Waals surface area contributed by atoms with Gasteiger partial charge in [0.2, 0.25) is 0 Å². The summed E-state index contributed by atoms with van der Waals surface area (Å²) in [5.74, 6) is 0.624. The molecule has 0 saturated carbocycles. The number of carbonyl (C=O) groups is 1. The lowest BCUT2D eigenvalue weighted by atomic mass is 10.1. The maximum absolute atomic E-state index is 11.2. The van der Waals surface area contributed by atoms with Crippen LogP contribution in [0.5, 0.6) is 0 Å². The highest BCUT2D eigenvalue weighted by atomic mass is 35.5. The Morgan fingerprint density at radius 1 is 1.10 bits per heavy atom. The van der Waals surface area contributed by atoms with Gasteiger partial charge in [0.1, 0.15) is 11.0 Å². The molecule has 1 aromatic heterocycles. The highest BCUT2D eigenvalue weighted by Crippen LogP contribution is 2.28. The smallest absolute Gasteiger partial charge is 0.330 e. The molecule has 0 spiro atoms. The number of aromatic nitrogens is 1. The van der Waals surface area contributed by atoms with Crippen molar-refractivity contribution in [2.75, 3.05) is 38.2 Å². The number of halogens is 1. The lowest BCUT2D eigenvalue weighted by Crippen LogP contribution is -2.46. The van der Waals surface area contributed by atoms with Crippen molar-refractivity contribution < 1.29 is 9.53 Å². The van der Waals surface area contributed by atoms with E-state index < -0.39 is 0 Å². The number of piperazine rings is 1. The number of nitrogens with zero attached hydrogens (tertiary/aromatic N) is 3. The van der Waals surface area contributed by atoms with Crippen molar-refractivity contribution in [1.82, 2.24) is 9.88 Å². The lowest BCUT2D eigenvalue weighted by Gasteiger charge is -2.36. The molecule has 0 amide bonds. The quantitative estimate of drug-likeness (QED) is 0.347. The van der Waals surface area contributed by atoms with Gasteiger partial charge in [-0.1, -0.05) is 60.1 Å². The van der Waals surface area contributed by atoms with Gasteiger partial charge in [0.15, 0.2) is 0 Å². The SMILES string of the molecule is COC(=O)C=Cc1ccc(CN2CCN(c3nc(Cl)cc4ccccc34)CC2)cc1. The number of methoxy groups -OCH3 is 1. The molecule has 2 heterocycles. The van der Waals surface area contributed by atoms with E-state index in [-0.39, 0.29) is 5.97 Å². The fraction of sp³-hybridized carbons (Fsp3) is 0.250. The highest BCUT2D eigenvalue weighted by molar-refractivity contribution is 6.30. The van der Waals surface area contributed by atoms with Crippen molar-refractivity contribution >= 4 is 40.2 Å². The van der Waals surface area contributed by atoms with Crippen LogP contribution >= 0.6 is 11.6 Å².